The van der Waals surface area contributed by atoms with Gasteiger partial charge >= 0.3 is 12.1 Å². The van der Waals surface area contributed by atoms with Crippen molar-refractivity contribution in [2.45, 2.75) is 17.7 Å². The van der Waals surface area contributed by atoms with Gasteiger partial charge in [-0.25, -0.2) is 8.42 Å². The molecule has 8 nitrogen and oxygen atoms in total. The van der Waals surface area contributed by atoms with Gasteiger partial charge in [0.2, 0.25) is 15.8 Å². The summed E-state index contributed by atoms with van der Waals surface area (Å²) >= 11 is 1.39. The zero-order chi connectivity index (χ0) is 21.1. The molecule has 2 aromatic heterocycles. The fourth-order valence-corrected chi connectivity index (χ4v) is 3.75. The molecular formula is C16H12F3N3O5S2. The van der Waals surface area contributed by atoms with Crippen LogP contribution < -0.4 is 4.72 Å². The van der Waals surface area contributed by atoms with Crippen molar-refractivity contribution in [2.24, 2.45) is 0 Å². The molecule has 13 heteroatoms. The highest BCUT2D eigenvalue weighted by Crippen LogP contribution is 2.30. The standard InChI is InChI=1S/C16H12F3N3O5S2/c17-16(18,19)10-3-1-4-11(7-10)29(24,25)20-8-14(23)26-9-13-21-15(22-27-13)12-5-2-6-28-12/h1-7,20H,8-9H2. The van der Waals surface area contributed by atoms with E-state index in [0.717, 1.165) is 23.1 Å². The fourth-order valence-electron chi connectivity index (χ4n) is 2.09. The van der Waals surface area contributed by atoms with Gasteiger partial charge in [0, 0.05) is 0 Å². The number of halogens is 3. The summed E-state index contributed by atoms with van der Waals surface area (Å²) in [6.07, 6.45) is -4.70. The highest BCUT2D eigenvalue weighted by molar-refractivity contribution is 7.89. The van der Waals surface area contributed by atoms with Crippen LogP contribution in [0.2, 0.25) is 0 Å². The first kappa shape index (κ1) is 21.0. The van der Waals surface area contributed by atoms with E-state index in [2.05, 4.69) is 10.1 Å². The average molecular weight is 447 g/mol. The number of nitrogens with one attached hydrogen (secondary N) is 1. The number of nitrogens with zero attached hydrogens (tertiary/aromatic N) is 2. The van der Waals surface area contributed by atoms with Crippen LogP contribution in [0.3, 0.4) is 0 Å². The van der Waals surface area contributed by atoms with E-state index in [1.807, 2.05) is 10.1 Å². The number of benzene rings is 1. The third kappa shape index (κ3) is 5.40. The first-order valence-electron chi connectivity index (χ1n) is 7.84. The zero-order valence-electron chi connectivity index (χ0n) is 14.3. The Bertz CT molecular complexity index is 1100. The smallest absolute Gasteiger partial charge is 0.416 e. The molecule has 0 bridgehead atoms. The van der Waals surface area contributed by atoms with Crippen molar-refractivity contribution in [3.05, 3.63) is 53.2 Å². The number of aromatic nitrogens is 2. The Morgan fingerprint density at radius 3 is 2.72 bits per heavy atom. The Balaban J connectivity index is 1.55. The highest BCUT2D eigenvalue weighted by Gasteiger charge is 2.31. The summed E-state index contributed by atoms with van der Waals surface area (Å²) in [5.41, 5.74) is -1.12. The summed E-state index contributed by atoms with van der Waals surface area (Å²) in [4.78, 5) is 15.9. The third-order valence-corrected chi connectivity index (χ3v) is 5.71. The van der Waals surface area contributed by atoms with Crippen molar-refractivity contribution in [3.63, 3.8) is 0 Å². The molecule has 0 saturated heterocycles. The third-order valence-electron chi connectivity index (χ3n) is 3.44. The Kier molecular flexibility index (Phi) is 6.00. The number of alkyl halides is 3. The molecule has 0 radical (unpaired) electrons. The molecule has 0 amide bonds. The summed E-state index contributed by atoms with van der Waals surface area (Å²) < 4.78 is 74.0. The predicted octanol–water partition coefficient (Wildman–Crippen LogP) is 2.84. The lowest BCUT2D eigenvalue weighted by atomic mass is 10.2. The van der Waals surface area contributed by atoms with Crippen LogP contribution in [0.1, 0.15) is 11.5 Å². The molecular weight excluding hydrogens is 435 g/mol. The van der Waals surface area contributed by atoms with Gasteiger partial charge in [-0.3, -0.25) is 4.79 Å². The summed E-state index contributed by atoms with van der Waals surface area (Å²) in [5, 5.41) is 5.54. The molecule has 1 N–H and O–H groups in total. The normalized spacial score (nSPS) is 12.1. The maximum atomic E-state index is 12.7. The van der Waals surface area contributed by atoms with Crippen molar-refractivity contribution in [1.29, 1.82) is 0 Å². The second-order valence-corrected chi connectivity index (χ2v) is 8.21. The van der Waals surface area contributed by atoms with E-state index in [9.17, 15) is 26.4 Å². The lowest BCUT2D eigenvalue weighted by molar-refractivity contribution is -0.144. The molecule has 2 heterocycles. The van der Waals surface area contributed by atoms with Crippen molar-refractivity contribution >= 4 is 27.3 Å². The number of hydrogen-bond acceptors (Lipinski definition) is 8. The van der Waals surface area contributed by atoms with Gasteiger partial charge in [-0.05, 0) is 29.6 Å². The van der Waals surface area contributed by atoms with E-state index in [1.165, 1.54) is 11.3 Å². The minimum atomic E-state index is -4.70. The highest BCUT2D eigenvalue weighted by atomic mass is 32.2. The minimum absolute atomic E-state index is 0.00230. The lowest BCUT2D eigenvalue weighted by Gasteiger charge is -2.10. The van der Waals surface area contributed by atoms with Gasteiger partial charge in [-0.2, -0.15) is 22.9 Å². The molecule has 3 rings (SSSR count). The van der Waals surface area contributed by atoms with E-state index in [0.29, 0.717) is 11.9 Å². The molecule has 0 aliphatic carbocycles. The van der Waals surface area contributed by atoms with Gasteiger partial charge in [0.05, 0.1) is 15.3 Å². The number of carbonyl (C=O) groups excluding carboxylic acids is 1. The Labute approximate surface area is 166 Å². The first-order valence-corrected chi connectivity index (χ1v) is 10.2. The van der Waals surface area contributed by atoms with Crippen molar-refractivity contribution in [1.82, 2.24) is 14.9 Å². The number of sulfonamides is 1. The summed E-state index contributed by atoms with van der Waals surface area (Å²) in [7, 11) is -4.35. The number of thiophene rings is 1. The second kappa shape index (κ2) is 8.31. The largest absolute Gasteiger partial charge is 0.455 e. The number of carbonyl (C=O) groups is 1. The van der Waals surface area contributed by atoms with Gasteiger partial charge in [-0.15, -0.1) is 11.3 Å². The van der Waals surface area contributed by atoms with Gasteiger partial charge in [-0.1, -0.05) is 17.3 Å². The average Bonchev–Trinajstić information content (AvgIpc) is 3.35. The van der Waals surface area contributed by atoms with Gasteiger partial charge < -0.3 is 9.26 Å². The SMILES string of the molecule is O=C(CNS(=O)(=O)c1cccc(C(F)(F)F)c1)OCc1nc(-c2cccs2)no1. The molecule has 0 atom stereocenters. The lowest BCUT2D eigenvalue weighted by Crippen LogP contribution is -2.30. The number of hydrogen-bond donors (Lipinski definition) is 1. The molecule has 154 valence electrons. The molecule has 0 fully saturated rings. The molecule has 0 unspecified atom stereocenters. The Morgan fingerprint density at radius 2 is 2.03 bits per heavy atom. The number of ether oxygens (including phenoxy) is 1. The van der Waals surface area contributed by atoms with Crippen molar-refractivity contribution < 1.29 is 35.6 Å². The van der Waals surface area contributed by atoms with Crippen LogP contribution in [-0.4, -0.2) is 31.1 Å². The monoisotopic (exact) mass is 447 g/mol. The van der Waals surface area contributed by atoms with E-state index < -0.39 is 39.2 Å². The molecule has 0 aliphatic heterocycles. The Hall–Kier alpha value is -2.77. The van der Waals surface area contributed by atoms with Crippen LogP contribution in [0.5, 0.6) is 0 Å². The van der Waals surface area contributed by atoms with E-state index >= 15 is 0 Å². The quantitative estimate of drug-likeness (QED) is 0.555. The summed E-state index contributed by atoms with van der Waals surface area (Å²) in [6, 6.07) is 6.71. The van der Waals surface area contributed by atoms with Crippen molar-refractivity contribution in [3.8, 4) is 10.7 Å². The topological polar surface area (TPSA) is 111 Å². The van der Waals surface area contributed by atoms with Crippen LogP contribution in [0.25, 0.3) is 10.7 Å². The molecule has 1 aromatic carbocycles. The van der Waals surface area contributed by atoms with Gasteiger partial charge in [0.15, 0.2) is 6.61 Å². The molecule has 3 aromatic rings. The van der Waals surface area contributed by atoms with Crippen LogP contribution >= 0.6 is 11.3 Å². The predicted molar refractivity (Wildman–Crippen MR) is 94.0 cm³/mol. The van der Waals surface area contributed by atoms with Crippen LogP contribution in [0.15, 0.2) is 51.2 Å². The van der Waals surface area contributed by atoms with E-state index in [-0.39, 0.29) is 12.5 Å². The molecule has 0 saturated carbocycles. The maximum absolute atomic E-state index is 12.7. The van der Waals surface area contributed by atoms with Crippen LogP contribution in [0, 0.1) is 0 Å². The Morgan fingerprint density at radius 1 is 1.24 bits per heavy atom. The fraction of sp³-hybridized carbons (Fsp3) is 0.188. The zero-order valence-corrected chi connectivity index (χ0v) is 16.0. The molecule has 0 aliphatic rings. The summed E-state index contributed by atoms with van der Waals surface area (Å²) in [5.74, 6) is -0.657. The van der Waals surface area contributed by atoms with E-state index in [1.54, 1.807) is 12.1 Å². The first-order chi connectivity index (χ1) is 13.6. The maximum Gasteiger partial charge on any atom is 0.416 e. The molecule has 0 spiro atoms. The minimum Gasteiger partial charge on any atom is -0.455 e. The van der Waals surface area contributed by atoms with Gasteiger partial charge in [0.1, 0.15) is 6.54 Å². The van der Waals surface area contributed by atoms with Crippen LogP contribution in [-0.2, 0) is 32.3 Å². The summed E-state index contributed by atoms with van der Waals surface area (Å²) in [6.45, 7) is -1.17. The van der Waals surface area contributed by atoms with Crippen molar-refractivity contribution in [2.75, 3.05) is 6.54 Å². The van der Waals surface area contributed by atoms with Gasteiger partial charge in [0.25, 0.3) is 5.89 Å². The van der Waals surface area contributed by atoms with Crippen LogP contribution in [0.4, 0.5) is 13.2 Å². The molecule has 29 heavy (non-hydrogen) atoms. The van der Waals surface area contributed by atoms with E-state index in [4.69, 9.17) is 9.26 Å². The second-order valence-electron chi connectivity index (χ2n) is 5.50. The number of rotatable bonds is 7. The number of esters is 1.